The minimum absolute atomic E-state index is 0.385. The molecule has 0 unspecified atom stereocenters. The summed E-state index contributed by atoms with van der Waals surface area (Å²) in [4.78, 5) is 22.9. The van der Waals surface area contributed by atoms with Gasteiger partial charge in [0, 0.05) is 24.5 Å². The number of rotatable bonds is 6. The minimum atomic E-state index is 0.385. The van der Waals surface area contributed by atoms with Gasteiger partial charge < -0.3 is 0 Å². The summed E-state index contributed by atoms with van der Waals surface area (Å²) in [6.45, 7) is 6.45. The van der Waals surface area contributed by atoms with Crippen LogP contribution in [0.3, 0.4) is 0 Å². The number of thiazole rings is 2. The van der Waals surface area contributed by atoms with E-state index in [9.17, 15) is 0 Å². The van der Waals surface area contributed by atoms with Crippen molar-refractivity contribution in [2.75, 3.05) is 4.90 Å². The van der Waals surface area contributed by atoms with E-state index in [2.05, 4.69) is 30.7 Å². The molecule has 0 aliphatic carbocycles. The van der Waals surface area contributed by atoms with E-state index >= 15 is 0 Å². The van der Waals surface area contributed by atoms with Crippen LogP contribution in [0.4, 0.5) is 17.5 Å². The van der Waals surface area contributed by atoms with Gasteiger partial charge in [0.25, 0.3) is 5.95 Å². The molecular weight excluding hydrogens is 426 g/mol. The van der Waals surface area contributed by atoms with Crippen LogP contribution in [0.25, 0.3) is 15.4 Å². The number of aryl methyl sites for hydroxylation is 1. The fourth-order valence-electron chi connectivity index (χ4n) is 3.21. The van der Waals surface area contributed by atoms with Crippen LogP contribution in [-0.2, 0) is 6.42 Å². The first kappa shape index (κ1) is 19.8. The van der Waals surface area contributed by atoms with E-state index in [4.69, 9.17) is 15.1 Å². The van der Waals surface area contributed by atoms with E-state index in [0.717, 1.165) is 43.3 Å². The third-order valence-corrected chi connectivity index (χ3v) is 7.41. The van der Waals surface area contributed by atoms with Crippen molar-refractivity contribution in [3.63, 3.8) is 0 Å². The molecule has 0 N–H and O–H groups in total. The number of nitrogens with zero attached hydrogens (tertiary/aromatic N) is 7. The topological polar surface area (TPSA) is 72.1 Å². The summed E-state index contributed by atoms with van der Waals surface area (Å²) >= 11 is 3.41. The largest absolute Gasteiger partial charge is 0.263 e. The molecule has 5 rings (SSSR count). The van der Waals surface area contributed by atoms with E-state index in [1.807, 2.05) is 53.8 Å². The summed E-state index contributed by atoms with van der Waals surface area (Å²) in [5.74, 6) is 1.75. The molecule has 0 spiro atoms. The van der Waals surface area contributed by atoms with Gasteiger partial charge in [-0.25, -0.2) is 14.5 Å². The first-order valence-electron chi connectivity index (χ1n) is 10.1. The third kappa shape index (κ3) is 3.70. The summed E-state index contributed by atoms with van der Waals surface area (Å²) in [7, 11) is 0. The van der Waals surface area contributed by atoms with Crippen molar-refractivity contribution in [3.05, 3.63) is 65.1 Å². The van der Waals surface area contributed by atoms with Gasteiger partial charge in [-0.3, -0.25) is 9.88 Å². The lowest BCUT2D eigenvalue weighted by atomic mass is 10.2. The summed E-state index contributed by atoms with van der Waals surface area (Å²) in [6.07, 6.45) is 8.27. The van der Waals surface area contributed by atoms with Crippen LogP contribution in [0.1, 0.15) is 36.7 Å². The molecule has 0 aliphatic heterocycles. The van der Waals surface area contributed by atoms with Crippen LogP contribution in [-0.4, -0.2) is 29.5 Å². The van der Waals surface area contributed by atoms with E-state index in [-0.39, 0.29) is 0 Å². The number of anilines is 3. The predicted molar refractivity (Wildman–Crippen MR) is 126 cm³/mol. The highest BCUT2D eigenvalue weighted by molar-refractivity contribution is 7.22. The lowest BCUT2D eigenvalue weighted by molar-refractivity contribution is 0.852. The van der Waals surface area contributed by atoms with Crippen LogP contribution in [0.15, 0.2) is 55.1 Å². The molecule has 0 aromatic carbocycles. The van der Waals surface area contributed by atoms with Gasteiger partial charge in [-0.2, -0.15) is 4.98 Å². The average molecular weight is 448 g/mol. The molecule has 7 nitrogen and oxygen atoms in total. The average Bonchev–Trinajstić information content (AvgIpc) is 3.52. The molecule has 5 aromatic rings. The molecule has 5 aromatic heterocycles. The van der Waals surface area contributed by atoms with Gasteiger partial charge in [-0.15, -0.1) is 27.8 Å². The number of hydrogen-bond donors (Lipinski definition) is 0. The number of pyridine rings is 2. The van der Waals surface area contributed by atoms with Gasteiger partial charge in [0.15, 0.2) is 11.5 Å². The Kier molecular flexibility index (Phi) is 5.21. The van der Waals surface area contributed by atoms with Gasteiger partial charge in [-0.1, -0.05) is 26.8 Å². The molecule has 0 amide bonds. The second kappa shape index (κ2) is 8.16. The second-order valence-electron chi connectivity index (χ2n) is 7.29. The van der Waals surface area contributed by atoms with Crippen molar-refractivity contribution in [2.45, 2.75) is 33.1 Å². The van der Waals surface area contributed by atoms with E-state index in [0.29, 0.717) is 11.9 Å². The van der Waals surface area contributed by atoms with Crippen LogP contribution in [0.2, 0.25) is 0 Å². The third-order valence-electron chi connectivity index (χ3n) is 4.74. The molecule has 0 bridgehead atoms. The van der Waals surface area contributed by atoms with Gasteiger partial charge in [0.05, 0.1) is 31.7 Å². The predicted octanol–water partition coefficient (Wildman–Crippen LogP) is 5.86. The highest BCUT2D eigenvalue weighted by Gasteiger charge is 2.26. The highest BCUT2D eigenvalue weighted by atomic mass is 32.1. The first-order chi connectivity index (χ1) is 15.1. The van der Waals surface area contributed by atoms with E-state index < -0.39 is 0 Å². The van der Waals surface area contributed by atoms with Crippen molar-refractivity contribution >= 4 is 45.8 Å². The summed E-state index contributed by atoms with van der Waals surface area (Å²) in [6, 6.07) is 9.74. The van der Waals surface area contributed by atoms with Gasteiger partial charge in [-0.05, 0) is 30.7 Å². The number of aromatic nitrogens is 6. The molecule has 0 fully saturated rings. The fraction of sp³-hybridized carbons (Fsp3) is 0.227. The van der Waals surface area contributed by atoms with Crippen molar-refractivity contribution in [3.8, 4) is 9.75 Å². The van der Waals surface area contributed by atoms with Gasteiger partial charge in [0.2, 0.25) is 0 Å². The fourth-order valence-corrected chi connectivity index (χ4v) is 5.21. The molecule has 0 aliphatic rings. The monoisotopic (exact) mass is 447 g/mol. The van der Waals surface area contributed by atoms with Crippen molar-refractivity contribution in [1.82, 2.24) is 29.5 Å². The molecule has 156 valence electrons. The maximum Gasteiger partial charge on any atom is 0.256 e. The lowest BCUT2D eigenvalue weighted by Crippen LogP contribution is -2.13. The van der Waals surface area contributed by atoms with Crippen LogP contribution >= 0.6 is 22.7 Å². The summed E-state index contributed by atoms with van der Waals surface area (Å²) in [5, 5.41) is 6.90. The molecule has 0 saturated carbocycles. The Labute approximate surface area is 188 Å². The van der Waals surface area contributed by atoms with E-state index in [1.165, 1.54) is 0 Å². The number of fused-ring (bicyclic) bond motifs is 1. The van der Waals surface area contributed by atoms with Crippen molar-refractivity contribution in [2.24, 2.45) is 0 Å². The molecule has 31 heavy (non-hydrogen) atoms. The smallest absolute Gasteiger partial charge is 0.256 e. The Balaban J connectivity index is 1.72. The van der Waals surface area contributed by atoms with Crippen molar-refractivity contribution in [1.29, 1.82) is 0 Å². The minimum Gasteiger partial charge on any atom is -0.263 e. The summed E-state index contributed by atoms with van der Waals surface area (Å²) in [5.41, 5.74) is 1.64. The second-order valence-corrected chi connectivity index (χ2v) is 9.44. The van der Waals surface area contributed by atoms with Gasteiger partial charge in [0.1, 0.15) is 0 Å². The maximum atomic E-state index is 4.99. The maximum absolute atomic E-state index is 4.99. The number of hydrogen-bond acceptors (Lipinski definition) is 8. The standard InChI is InChI=1S/C22H21N7S2/c1-4-18-26-20(19(31-18)16-13-24-21(30-16)14(2)3)29(15-8-7-10-23-12-15)22-25-17-9-5-6-11-28(17)27-22/h5-14H,4H2,1-3H3. The Morgan fingerprint density at radius 2 is 1.97 bits per heavy atom. The SMILES string of the molecule is CCc1nc(N(c2cccnc2)c2nc3ccccn3n2)c(-c2cnc(C(C)C)s2)s1. The first-order valence-corrected chi connectivity index (χ1v) is 11.7. The Bertz CT molecular complexity index is 1290. The zero-order chi connectivity index (χ0) is 21.4. The molecule has 0 radical (unpaired) electrons. The quantitative estimate of drug-likeness (QED) is 0.325. The molecule has 0 atom stereocenters. The normalized spacial score (nSPS) is 11.5. The Hall–Kier alpha value is -3.17. The zero-order valence-electron chi connectivity index (χ0n) is 17.4. The zero-order valence-corrected chi connectivity index (χ0v) is 19.1. The lowest BCUT2D eigenvalue weighted by Gasteiger charge is -2.19. The Morgan fingerprint density at radius 1 is 1.06 bits per heavy atom. The van der Waals surface area contributed by atoms with Crippen LogP contribution < -0.4 is 4.90 Å². The highest BCUT2D eigenvalue weighted by Crippen LogP contribution is 2.44. The van der Waals surface area contributed by atoms with Crippen LogP contribution in [0.5, 0.6) is 0 Å². The van der Waals surface area contributed by atoms with Crippen molar-refractivity contribution < 1.29 is 0 Å². The molecular formula is C22H21N7S2. The van der Waals surface area contributed by atoms with Gasteiger partial charge >= 0.3 is 0 Å². The molecule has 0 saturated heterocycles. The molecule has 5 heterocycles. The van der Waals surface area contributed by atoms with Crippen LogP contribution in [0, 0.1) is 0 Å². The molecule has 9 heteroatoms. The van der Waals surface area contributed by atoms with E-state index in [1.54, 1.807) is 33.4 Å². The Morgan fingerprint density at radius 3 is 2.68 bits per heavy atom. The summed E-state index contributed by atoms with van der Waals surface area (Å²) < 4.78 is 1.77.